The maximum absolute atomic E-state index is 13.3. The number of benzene rings is 1. The summed E-state index contributed by atoms with van der Waals surface area (Å²) in [4.78, 5) is 11.3. The zero-order valence-corrected chi connectivity index (χ0v) is 12.3. The molecule has 0 spiro atoms. The van der Waals surface area contributed by atoms with Crippen LogP contribution in [0.5, 0.6) is 0 Å². The van der Waals surface area contributed by atoms with Crippen molar-refractivity contribution in [2.24, 2.45) is 5.14 Å². The summed E-state index contributed by atoms with van der Waals surface area (Å²) in [5.74, 6) is -1.50. The van der Waals surface area contributed by atoms with Crippen LogP contribution in [0, 0.1) is 5.82 Å². The predicted octanol–water partition coefficient (Wildman–Crippen LogP) is 0.612. The molecule has 0 aliphatic heterocycles. The molecule has 6 nitrogen and oxygen atoms in total. The van der Waals surface area contributed by atoms with Crippen LogP contribution in [0.2, 0.25) is 0 Å². The second-order valence-corrected chi connectivity index (χ2v) is 5.88. The van der Waals surface area contributed by atoms with Gasteiger partial charge in [-0.15, -0.1) is 0 Å². The van der Waals surface area contributed by atoms with Crippen molar-refractivity contribution in [3.05, 3.63) is 28.0 Å². The van der Waals surface area contributed by atoms with E-state index in [-0.39, 0.29) is 23.2 Å². The second kappa shape index (κ2) is 6.42. The summed E-state index contributed by atoms with van der Waals surface area (Å²) < 4.78 is 40.5. The minimum Gasteiger partial charge on any atom is -0.383 e. The van der Waals surface area contributed by atoms with Gasteiger partial charge in [0.15, 0.2) is 0 Å². The average Bonchev–Trinajstić information content (AvgIpc) is 2.30. The van der Waals surface area contributed by atoms with E-state index < -0.39 is 26.6 Å². The van der Waals surface area contributed by atoms with E-state index in [4.69, 9.17) is 9.88 Å². The lowest BCUT2D eigenvalue weighted by molar-refractivity contribution is 0.0935. The molecule has 3 N–H and O–H groups in total. The van der Waals surface area contributed by atoms with Gasteiger partial charge >= 0.3 is 0 Å². The number of primary sulfonamides is 1. The van der Waals surface area contributed by atoms with Gasteiger partial charge in [-0.05, 0) is 28.1 Å². The number of halogens is 2. The normalized spacial score (nSPS) is 11.4. The van der Waals surface area contributed by atoms with Crippen molar-refractivity contribution in [2.45, 2.75) is 4.90 Å². The third-order valence-corrected chi connectivity index (χ3v) is 4.20. The number of hydrogen-bond acceptors (Lipinski definition) is 4. The Morgan fingerprint density at radius 1 is 1.53 bits per heavy atom. The topological polar surface area (TPSA) is 98.5 Å². The Morgan fingerprint density at radius 3 is 2.68 bits per heavy atom. The zero-order chi connectivity index (χ0) is 14.6. The fourth-order valence-electron chi connectivity index (χ4n) is 1.30. The number of hydrogen-bond donors (Lipinski definition) is 2. The molecule has 1 aromatic carbocycles. The molecule has 0 fully saturated rings. The van der Waals surface area contributed by atoms with E-state index in [1.54, 1.807) is 0 Å². The first-order valence-electron chi connectivity index (χ1n) is 5.06. The molecular formula is C10H12BrFN2O4S. The molecule has 0 unspecified atom stereocenters. The van der Waals surface area contributed by atoms with E-state index in [0.717, 1.165) is 12.1 Å². The van der Waals surface area contributed by atoms with Gasteiger partial charge in [0.25, 0.3) is 5.91 Å². The molecule has 0 saturated heterocycles. The number of nitrogens with one attached hydrogen (secondary N) is 1. The second-order valence-electron chi connectivity index (χ2n) is 3.56. The summed E-state index contributed by atoms with van der Waals surface area (Å²) in [6.07, 6.45) is 0. The highest BCUT2D eigenvalue weighted by atomic mass is 79.9. The Kier molecular flexibility index (Phi) is 5.41. The Hall–Kier alpha value is -1.03. The maximum atomic E-state index is 13.3. The summed E-state index contributed by atoms with van der Waals surface area (Å²) in [6.45, 7) is 0.490. The predicted molar refractivity (Wildman–Crippen MR) is 69.7 cm³/mol. The first kappa shape index (κ1) is 16.0. The van der Waals surface area contributed by atoms with Crippen LogP contribution in [0.3, 0.4) is 0 Å². The molecule has 0 aromatic heterocycles. The molecule has 0 radical (unpaired) electrons. The van der Waals surface area contributed by atoms with Crippen molar-refractivity contribution in [2.75, 3.05) is 20.3 Å². The number of carbonyl (C=O) groups excluding carboxylic acids is 1. The number of amides is 1. The number of ether oxygens (including phenoxy) is 1. The Labute approximate surface area is 118 Å². The molecule has 0 bridgehead atoms. The molecule has 1 aromatic rings. The minimum atomic E-state index is -4.13. The van der Waals surface area contributed by atoms with Crippen LogP contribution in [-0.4, -0.2) is 34.6 Å². The van der Waals surface area contributed by atoms with Gasteiger partial charge in [0.2, 0.25) is 10.0 Å². The summed E-state index contributed by atoms with van der Waals surface area (Å²) in [6, 6.07) is 1.66. The summed E-state index contributed by atoms with van der Waals surface area (Å²) in [5, 5.41) is 7.39. The van der Waals surface area contributed by atoms with E-state index in [9.17, 15) is 17.6 Å². The molecule has 9 heteroatoms. The van der Waals surface area contributed by atoms with Gasteiger partial charge in [0, 0.05) is 13.7 Å². The first-order valence-corrected chi connectivity index (χ1v) is 7.40. The van der Waals surface area contributed by atoms with Crippen molar-refractivity contribution in [1.29, 1.82) is 0 Å². The van der Waals surface area contributed by atoms with E-state index in [0.29, 0.717) is 0 Å². The monoisotopic (exact) mass is 354 g/mol. The van der Waals surface area contributed by atoms with Gasteiger partial charge < -0.3 is 10.1 Å². The maximum Gasteiger partial charge on any atom is 0.252 e. The summed E-state index contributed by atoms with van der Waals surface area (Å²) >= 11 is 2.94. The van der Waals surface area contributed by atoms with E-state index in [1.165, 1.54) is 7.11 Å². The van der Waals surface area contributed by atoms with Crippen molar-refractivity contribution < 1.29 is 22.3 Å². The standard InChI is InChI=1S/C10H12BrFN2O4S/c1-18-3-2-14-10(15)7-4-6(12)5-8(9(7)11)19(13,16)17/h4-5H,2-3H2,1H3,(H,14,15)(H2,13,16,17). The first-order chi connectivity index (χ1) is 8.77. The lowest BCUT2D eigenvalue weighted by Crippen LogP contribution is -2.28. The van der Waals surface area contributed by atoms with Gasteiger partial charge in [-0.2, -0.15) is 0 Å². The number of sulfonamides is 1. The van der Waals surface area contributed by atoms with Gasteiger partial charge in [-0.3, -0.25) is 4.79 Å². The molecule has 0 saturated carbocycles. The fourth-order valence-corrected chi connectivity index (χ4v) is 3.02. The van der Waals surface area contributed by atoms with Crippen LogP contribution in [0.25, 0.3) is 0 Å². The number of methoxy groups -OCH3 is 1. The Balaban J connectivity index is 3.15. The molecular weight excluding hydrogens is 343 g/mol. The SMILES string of the molecule is COCCNC(=O)c1cc(F)cc(S(N)(=O)=O)c1Br. The van der Waals surface area contributed by atoms with Crippen molar-refractivity contribution in [3.63, 3.8) is 0 Å². The smallest absolute Gasteiger partial charge is 0.252 e. The van der Waals surface area contributed by atoms with Crippen LogP contribution in [0.4, 0.5) is 4.39 Å². The van der Waals surface area contributed by atoms with Crippen molar-refractivity contribution in [1.82, 2.24) is 5.32 Å². The molecule has 1 rings (SSSR count). The number of nitrogens with two attached hydrogens (primary N) is 1. The lowest BCUT2D eigenvalue weighted by Gasteiger charge is -2.09. The zero-order valence-electron chi connectivity index (χ0n) is 9.94. The van der Waals surface area contributed by atoms with Crippen LogP contribution in [-0.2, 0) is 14.8 Å². The number of carbonyl (C=O) groups is 1. The van der Waals surface area contributed by atoms with Crippen LogP contribution >= 0.6 is 15.9 Å². The molecule has 0 aliphatic carbocycles. The van der Waals surface area contributed by atoms with Crippen LogP contribution in [0.15, 0.2) is 21.5 Å². The van der Waals surface area contributed by atoms with Gasteiger partial charge in [0.1, 0.15) is 5.82 Å². The molecule has 1 amide bonds. The Bertz CT molecular complexity index is 591. The molecule has 106 valence electrons. The van der Waals surface area contributed by atoms with Crippen LogP contribution in [0.1, 0.15) is 10.4 Å². The highest BCUT2D eigenvalue weighted by molar-refractivity contribution is 9.10. The molecule has 0 atom stereocenters. The van der Waals surface area contributed by atoms with Crippen molar-refractivity contribution >= 4 is 31.9 Å². The third-order valence-electron chi connectivity index (χ3n) is 2.15. The van der Waals surface area contributed by atoms with Gasteiger partial charge in [-0.1, -0.05) is 0 Å². The quantitative estimate of drug-likeness (QED) is 0.756. The molecule has 0 aliphatic rings. The fraction of sp³-hybridized carbons (Fsp3) is 0.300. The average molecular weight is 355 g/mol. The summed E-state index contributed by atoms with van der Waals surface area (Å²) in [5.41, 5.74) is -0.153. The highest BCUT2D eigenvalue weighted by Gasteiger charge is 2.21. The van der Waals surface area contributed by atoms with E-state index in [2.05, 4.69) is 21.2 Å². The van der Waals surface area contributed by atoms with Crippen molar-refractivity contribution in [3.8, 4) is 0 Å². The van der Waals surface area contributed by atoms with Crippen LogP contribution < -0.4 is 10.5 Å². The van der Waals surface area contributed by atoms with E-state index in [1.807, 2.05) is 0 Å². The largest absolute Gasteiger partial charge is 0.383 e. The van der Waals surface area contributed by atoms with E-state index >= 15 is 0 Å². The third kappa shape index (κ3) is 4.23. The lowest BCUT2D eigenvalue weighted by atomic mass is 10.2. The molecule has 19 heavy (non-hydrogen) atoms. The van der Waals surface area contributed by atoms with Gasteiger partial charge in [0.05, 0.1) is 21.5 Å². The minimum absolute atomic E-state index is 0.0775. The number of rotatable bonds is 5. The Morgan fingerprint density at radius 2 is 2.16 bits per heavy atom. The van der Waals surface area contributed by atoms with Gasteiger partial charge in [-0.25, -0.2) is 17.9 Å². The summed E-state index contributed by atoms with van der Waals surface area (Å²) in [7, 11) is -2.67. The molecule has 0 heterocycles. The highest BCUT2D eigenvalue weighted by Crippen LogP contribution is 2.26.